The molecule has 193 valence electrons. The molecule has 7 heteroatoms. The number of rotatable bonds is 5. The van der Waals surface area contributed by atoms with Gasteiger partial charge in [0.15, 0.2) is 6.61 Å². The standard InChI is InChI=1S/C29H38BO6/c1-6-27(4)14-23(36-24(32)16-34-20-8-7-19-15-35-30-21(19)13-20)28(5)17(2)9-11-29(18(3)26(27)33)12-10-22(31)25(28)29/h6-8,13,17-18,23,25-26,33H,1,9-12,14-16H2,2-5H3/t17-,18+,23-,25+,26+,27-,28+,29+/m1/s1. The van der Waals surface area contributed by atoms with Crippen LogP contribution >= 0.6 is 0 Å². The lowest BCUT2D eigenvalue weighted by molar-refractivity contribution is -0.207. The van der Waals surface area contributed by atoms with E-state index in [1.165, 1.54) is 0 Å². The quantitative estimate of drug-likeness (QED) is 0.382. The van der Waals surface area contributed by atoms with Crippen LogP contribution in [0.1, 0.15) is 65.4 Å². The van der Waals surface area contributed by atoms with Gasteiger partial charge in [-0.15, -0.1) is 6.58 Å². The molecule has 3 fully saturated rings. The molecule has 8 atom stereocenters. The predicted octanol–water partition coefficient (Wildman–Crippen LogP) is 3.75. The summed E-state index contributed by atoms with van der Waals surface area (Å²) < 4.78 is 17.4. The van der Waals surface area contributed by atoms with Gasteiger partial charge in [-0.25, -0.2) is 4.79 Å². The van der Waals surface area contributed by atoms with Crippen LogP contribution in [0.3, 0.4) is 0 Å². The number of hydrogen-bond acceptors (Lipinski definition) is 6. The Morgan fingerprint density at radius 2 is 2.08 bits per heavy atom. The van der Waals surface area contributed by atoms with E-state index < -0.39 is 29.0 Å². The van der Waals surface area contributed by atoms with E-state index in [9.17, 15) is 14.7 Å². The number of carbonyl (C=O) groups is 2. The average molecular weight is 493 g/mol. The highest BCUT2D eigenvalue weighted by Gasteiger charge is 2.68. The van der Waals surface area contributed by atoms with E-state index in [2.05, 4.69) is 27.4 Å². The molecular weight excluding hydrogens is 455 g/mol. The van der Waals surface area contributed by atoms with Gasteiger partial charge < -0.3 is 19.2 Å². The monoisotopic (exact) mass is 493 g/mol. The molecule has 1 aromatic carbocycles. The predicted molar refractivity (Wildman–Crippen MR) is 137 cm³/mol. The van der Waals surface area contributed by atoms with Gasteiger partial charge in [-0.1, -0.05) is 39.8 Å². The Hall–Kier alpha value is -2.12. The number of Topliss-reactive ketones (excluding diaryl/α,β-unsaturated/α-hetero) is 1. The van der Waals surface area contributed by atoms with Crippen LogP contribution < -0.4 is 10.2 Å². The van der Waals surface area contributed by atoms with Crippen molar-refractivity contribution in [3.05, 3.63) is 36.4 Å². The maximum absolute atomic E-state index is 13.5. The zero-order valence-electron chi connectivity index (χ0n) is 21.9. The fourth-order valence-electron chi connectivity index (χ4n) is 7.96. The Bertz CT molecular complexity index is 1070. The van der Waals surface area contributed by atoms with Gasteiger partial charge in [-0.3, -0.25) is 4.79 Å². The zero-order valence-corrected chi connectivity index (χ0v) is 21.9. The highest BCUT2D eigenvalue weighted by Crippen LogP contribution is 2.67. The highest BCUT2D eigenvalue weighted by atomic mass is 16.6. The number of carbonyl (C=O) groups excluding carboxylic acids is 2. The summed E-state index contributed by atoms with van der Waals surface area (Å²) in [5, 5.41) is 11.6. The topological polar surface area (TPSA) is 82.1 Å². The fraction of sp³-hybridized carbons (Fsp3) is 0.655. The number of benzene rings is 1. The van der Waals surface area contributed by atoms with Crippen LogP contribution in [0, 0.1) is 34.0 Å². The summed E-state index contributed by atoms with van der Waals surface area (Å²) in [4.78, 5) is 26.7. The largest absolute Gasteiger partial charge is 0.482 e. The summed E-state index contributed by atoms with van der Waals surface area (Å²) in [5.74, 6) is 0.264. The third-order valence-electron chi connectivity index (χ3n) is 10.5. The highest BCUT2D eigenvalue weighted by molar-refractivity contribution is 6.48. The lowest BCUT2D eigenvalue weighted by Crippen LogP contribution is -2.63. The molecule has 0 unspecified atom stereocenters. The third-order valence-corrected chi connectivity index (χ3v) is 10.5. The molecule has 0 aromatic heterocycles. The van der Waals surface area contributed by atoms with Crippen molar-refractivity contribution in [2.24, 2.45) is 34.0 Å². The smallest absolute Gasteiger partial charge is 0.344 e. The van der Waals surface area contributed by atoms with Crippen molar-refractivity contribution in [1.29, 1.82) is 0 Å². The number of fused-ring (bicyclic) bond motifs is 1. The molecule has 1 aliphatic heterocycles. The molecule has 0 saturated heterocycles. The average Bonchev–Trinajstić information content (AvgIpc) is 3.48. The summed E-state index contributed by atoms with van der Waals surface area (Å²) in [5.41, 5.74) is 0.570. The zero-order chi connectivity index (χ0) is 25.9. The molecule has 0 spiro atoms. The lowest BCUT2D eigenvalue weighted by Gasteiger charge is -2.61. The summed E-state index contributed by atoms with van der Waals surface area (Å²) in [6.07, 6.45) is 4.18. The first-order valence-corrected chi connectivity index (χ1v) is 13.3. The number of aliphatic hydroxyl groups excluding tert-OH is 1. The van der Waals surface area contributed by atoms with E-state index in [0.717, 1.165) is 30.3 Å². The maximum atomic E-state index is 13.5. The van der Waals surface area contributed by atoms with E-state index >= 15 is 0 Å². The first-order valence-electron chi connectivity index (χ1n) is 13.3. The minimum Gasteiger partial charge on any atom is -0.482 e. The summed E-state index contributed by atoms with van der Waals surface area (Å²) in [6, 6.07) is 5.61. The van der Waals surface area contributed by atoms with E-state index in [0.29, 0.717) is 25.2 Å². The number of ketones is 1. The normalized spacial score (nSPS) is 41.4. The van der Waals surface area contributed by atoms with Crippen molar-refractivity contribution in [1.82, 2.24) is 0 Å². The van der Waals surface area contributed by atoms with Gasteiger partial charge in [0.1, 0.15) is 17.6 Å². The summed E-state index contributed by atoms with van der Waals surface area (Å²) in [6.45, 7) is 12.8. The maximum Gasteiger partial charge on any atom is 0.344 e. The van der Waals surface area contributed by atoms with Crippen LogP contribution in [0.15, 0.2) is 30.9 Å². The molecule has 3 saturated carbocycles. The number of esters is 1. The fourth-order valence-corrected chi connectivity index (χ4v) is 7.96. The Kier molecular flexibility index (Phi) is 6.40. The first kappa shape index (κ1) is 25.5. The summed E-state index contributed by atoms with van der Waals surface area (Å²) in [7, 11) is 1.69. The third kappa shape index (κ3) is 3.76. The van der Waals surface area contributed by atoms with Crippen LogP contribution in [0.25, 0.3) is 0 Å². The number of hydrogen-bond donors (Lipinski definition) is 1. The molecule has 5 rings (SSSR count). The van der Waals surface area contributed by atoms with Crippen molar-refractivity contribution < 1.29 is 28.8 Å². The molecule has 1 N–H and O–H groups in total. The molecule has 1 aromatic rings. The van der Waals surface area contributed by atoms with E-state index in [-0.39, 0.29) is 35.6 Å². The molecule has 2 bridgehead atoms. The van der Waals surface area contributed by atoms with E-state index in [1.54, 1.807) is 7.48 Å². The molecule has 1 radical (unpaired) electrons. The lowest BCUT2D eigenvalue weighted by atomic mass is 9.44. The summed E-state index contributed by atoms with van der Waals surface area (Å²) >= 11 is 0. The second-order valence-corrected chi connectivity index (χ2v) is 12.1. The van der Waals surface area contributed by atoms with Crippen LogP contribution in [0.2, 0.25) is 0 Å². The van der Waals surface area contributed by atoms with Crippen molar-refractivity contribution >= 4 is 24.7 Å². The molecule has 3 aliphatic carbocycles. The Balaban J connectivity index is 1.44. The first-order chi connectivity index (χ1) is 17.0. The van der Waals surface area contributed by atoms with Gasteiger partial charge in [0.25, 0.3) is 0 Å². The number of aliphatic hydroxyl groups is 1. The molecular formula is C29H38BO6. The van der Waals surface area contributed by atoms with Crippen molar-refractivity contribution in [2.45, 2.75) is 78.6 Å². The molecule has 0 amide bonds. The van der Waals surface area contributed by atoms with Gasteiger partial charge in [-0.2, -0.15) is 0 Å². The van der Waals surface area contributed by atoms with Crippen LogP contribution in [0.5, 0.6) is 5.75 Å². The minimum absolute atomic E-state index is 0.0515. The second kappa shape index (κ2) is 9.02. The van der Waals surface area contributed by atoms with Gasteiger partial charge in [0.05, 0.1) is 12.7 Å². The van der Waals surface area contributed by atoms with Crippen molar-refractivity contribution in [2.75, 3.05) is 6.61 Å². The van der Waals surface area contributed by atoms with E-state index in [1.807, 2.05) is 31.2 Å². The Labute approximate surface area is 215 Å². The Morgan fingerprint density at radius 1 is 1.31 bits per heavy atom. The van der Waals surface area contributed by atoms with Gasteiger partial charge in [0, 0.05) is 23.2 Å². The van der Waals surface area contributed by atoms with Crippen molar-refractivity contribution in [3.8, 4) is 5.75 Å². The number of ether oxygens (including phenoxy) is 2. The second-order valence-electron chi connectivity index (χ2n) is 12.1. The van der Waals surface area contributed by atoms with Gasteiger partial charge in [0.2, 0.25) is 0 Å². The Morgan fingerprint density at radius 3 is 2.83 bits per heavy atom. The molecule has 6 nitrogen and oxygen atoms in total. The van der Waals surface area contributed by atoms with Gasteiger partial charge in [-0.05, 0) is 66.1 Å². The van der Waals surface area contributed by atoms with Crippen LogP contribution in [0.4, 0.5) is 0 Å². The van der Waals surface area contributed by atoms with E-state index in [4.69, 9.17) is 14.1 Å². The van der Waals surface area contributed by atoms with Gasteiger partial charge >= 0.3 is 13.5 Å². The molecule has 4 aliphatic rings. The molecule has 36 heavy (non-hydrogen) atoms. The van der Waals surface area contributed by atoms with Crippen LogP contribution in [-0.2, 0) is 25.6 Å². The van der Waals surface area contributed by atoms with Crippen LogP contribution in [-0.4, -0.2) is 43.2 Å². The SMILES string of the molecule is C=C[C@]1(C)C[C@@H](OC(=O)COc2ccc3c(c2)[B]OC3)[C@]2(C)[C@H](C)CC[C@]3(CCC(=O)[C@H]32)[C@@H](C)[C@@H]1O. The minimum atomic E-state index is -0.677. The van der Waals surface area contributed by atoms with Crippen molar-refractivity contribution in [3.63, 3.8) is 0 Å². The molecule has 1 heterocycles.